The van der Waals surface area contributed by atoms with Crippen LogP contribution in [0.15, 0.2) is 18.2 Å². The van der Waals surface area contributed by atoms with Gasteiger partial charge in [-0.2, -0.15) is 0 Å². The fraction of sp³-hybridized carbons (Fsp3) is 0.710. The molecule has 5 heteroatoms. The van der Waals surface area contributed by atoms with E-state index in [2.05, 4.69) is 6.92 Å². The van der Waals surface area contributed by atoms with Crippen molar-refractivity contribution in [2.75, 3.05) is 20.8 Å². The first kappa shape index (κ1) is 31.9. The van der Waals surface area contributed by atoms with Gasteiger partial charge in [-0.3, -0.25) is 0 Å². The molecule has 0 aliphatic rings. The second-order valence-corrected chi connectivity index (χ2v) is 9.79. The van der Waals surface area contributed by atoms with Crippen LogP contribution in [-0.2, 0) is 9.53 Å². The molecule has 0 unspecified atom stereocenters. The lowest BCUT2D eigenvalue weighted by atomic mass is 10.0. The number of benzene rings is 1. The molecule has 36 heavy (non-hydrogen) atoms. The van der Waals surface area contributed by atoms with E-state index in [0.717, 1.165) is 12.8 Å². The summed E-state index contributed by atoms with van der Waals surface area (Å²) in [6, 6.07) is 3.28. The molecule has 0 aromatic heterocycles. The summed E-state index contributed by atoms with van der Waals surface area (Å²) in [6.45, 7) is 2.73. The minimum atomic E-state index is -0.368. The minimum absolute atomic E-state index is 0.0613. The summed E-state index contributed by atoms with van der Waals surface area (Å²) >= 11 is 0. The highest BCUT2D eigenvalue weighted by molar-refractivity contribution is 5.87. The number of hydrogen-bond donors (Lipinski definition) is 1. The number of carbonyl (C=O) groups is 1. The van der Waals surface area contributed by atoms with E-state index in [1.165, 1.54) is 123 Å². The summed E-state index contributed by atoms with van der Waals surface area (Å²) in [4.78, 5) is 12.0. The smallest absolute Gasteiger partial charge is 0.330 e. The van der Waals surface area contributed by atoms with Gasteiger partial charge in [-0.05, 0) is 30.2 Å². The molecule has 1 aromatic carbocycles. The number of carbonyl (C=O) groups excluding carboxylic acids is 1. The lowest BCUT2D eigenvalue weighted by Crippen LogP contribution is -2.02. The Kier molecular flexibility index (Phi) is 19.5. The average molecular weight is 505 g/mol. The number of hydrogen-bond acceptors (Lipinski definition) is 5. The molecule has 5 nitrogen and oxygen atoms in total. The Morgan fingerprint density at radius 1 is 0.694 bits per heavy atom. The van der Waals surface area contributed by atoms with Crippen molar-refractivity contribution in [3.05, 3.63) is 23.8 Å². The fourth-order valence-electron chi connectivity index (χ4n) is 4.40. The third-order valence-electron chi connectivity index (χ3n) is 6.66. The lowest BCUT2D eigenvalue weighted by molar-refractivity contribution is -0.137. The van der Waals surface area contributed by atoms with Gasteiger partial charge < -0.3 is 19.3 Å². The number of unbranched alkanes of at least 4 members (excludes halogenated alkanes) is 17. The van der Waals surface area contributed by atoms with Crippen LogP contribution in [-0.4, -0.2) is 31.9 Å². The van der Waals surface area contributed by atoms with Crippen LogP contribution in [0, 0.1) is 0 Å². The molecule has 1 N–H and O–H groups in total. The van der Waals surface area contributed by atoms with Gasteiger partial charge in [-0.15, -0.1) is 0 Å². The van der Waals surface area contributed by atoms with Crippen LogP contribution < -0.4 is 9.47 Å². The van der Waals surface area contributed by atoms with Crippen molar-refractivity contribution in [1.82, 2.24) is 0 Å². The summed E-state index contributed by atoms with van der Waals surface area (Å²) in [5, 5.41) is 9.95. The molecule has 0 radical (unpaired) electrons. The number of methoxy groups -OCH3 is 2. The maximum Gasteiger partial charge on any atom is 0.330 e. The van der Waals surface area contributed by atoms with Crippen LogP contribution in [0.25, 0.3) is 6.08 Å². The molecule has 0 bridgehead atoms. The second kappa shape index (κ2) is 22.1. The normalized spacial score (nSPS) is 11.2. The molecule has 206 valence electrons. The highest BCUT2D eigenvalue weighted by Gasteiger charge is 2.10. The first-order valence-electron chi connectivity index (χ1n) is 14.4. The van der Waals surface area contributed by atoms with Gasteiger partial charge in [-0.25, -0.2) is 4.79 Å². The number of phenolic OH excluding ortho intramolecular Hbond substituents is 1. The Morgan fingerprint density at radius 3 is 1.47 bits per heavy atom. The van der Waals surface area contributed by atoms with Crippen LogP contribution >= 0.6 is 0 Å². The number of aromatic hydroxyl groups is 1. The summed E-state index contributed by atoms with van der Waals surface area (Å²) in [7, 11) is 2.94. The summed E-state index contributed by atoms with van der Waals surface area (Å²) in [6.07, 6.45) is 27.1. The van der Waals surface area contributed by atoms with Gasteiger partial charge in [0.25, 0.3) is 0 Å². The molecule has 0 saturated heterocycles. The van der Waals surface area contributed by atoms with Crippen molar-refractivity contribution in [1.29, 1.82) is 0 Å². The number of phenols is 1. The van der Waals surface area contributed by atoms with Crippen LogP contribution in [0.2, 0.25) is 0 Å². The Balaban J connectivity index is 1.94. The Labute approximate surface area is 220 Å². The third-order valence-corrected chi connectivity index (χ3v) is 6.66. The molecule has 1 rings (SSSR count). The second-order valence-electron chi connectivity index (χ2n) is 9.79. The van der Waals surface area contributed by atoms with Crippen LogP contribution in [0.1, 0.15) is 128 Å². The summed E-state index contributed by atoms with van der Waals surface area (Å²) < 4.78 is 15.5. The molecular weight excluding hydrogens is 452 g/mol. The topological polar surface area (TPSA) is 65.0 Å². The Bertz CT molecular complexity index is 688. The predicted octanol–water partition coefficient (Wildman–Crippen LogP) is 9.01. The van der Waals surface area contributed by atoms with Gasteiger partial charge >= 0.3 is 5.97 Å². The number of rotatable bonds is 23. The van der Waals surface area contributed by atoms with Crippen LogP contribution in [0.5, 0.6) is 17.2 Å². The lowest BCUT2D eigenvalue weighted by Gasteiger charge is -2.09. The molecule has 0 saturated carbocycles. The third kappa shape index (κ3) is 15.7. The zero-order valence-corrected chi connectivity index (χ0v) is 23.3. The summed E-state index contributed by atoms with van der Waals surface area (Å²) in [5.74, 6) is 0.157. The molecule has 0 spiro atoms. The van der Waals surface area contributed by atoms with Crippen molar-refractivity contribution < 1.29 is 24.1 Å². The van der Waals surface area contributed by atoms with Crippen molar-refractivity contribution in [2.24, 2.45) is 0 Å². The first-order valence-corrected chi connectivity index (χ1v) is 14.4. The zero-order chi connectivity index (χ0) is 26.3. The zero-order valence-electron chi connectivity index (χ0n) is 23.3. The van der Waals surface area contributed by atoms with E-state index in [1.807, 2.05) is 0 Å². The molecule has 0 fully saturated rings. The highest BCUT2D eigenvalue weighted by atomic mass is 16.5. The van der Waals surface area contributed by atoms with Crippen molar-refractivity contribution in [3.8, 4) is 17.2 Å². The van der Waals surface area contributed by atoms with Crippen molar-refractivity contribution in [2.45, 2.75) is 122 Å². The first-order chi connectivity index (χ1) is 17.6. The van der Waals surface area contributed by atoms with Gasteiger partial charge in [0, 0.05) is 6.08 Å². The molecule has 0 aliphatic heterocycles. The highest BCUT2D eigenvalue weighted by Crippen LogP contribution is 2.37. The quantitative estimate of drug-likeness (QED) is 0.0915. The van der Waals surface area contributed by atoms with E-state index >= 15 is 0 Å². The molecular formula is C31H52O5. The summed E-state index contributed by atoms with van der Waals surface area (Å²) in [5.41, 5.74) is 0.687. The largest absolute Gasteiger partial charge is 0.502 e. The van der Waals surface area contributed by atoms with E-state index in [9.17, 15) is 9.90 Å². The van der Waals surface area contributed by atoms with E-state index in [4.69, 9.17) is 14.2 Å². The van der Waals surface area contributed by atoms with Gasteiger partial charge in [0.2, 0.25) is 5.75 Å². The monoisotopic (exact) mass is 504 g/mol. The molecule has 0 atom stereocenters. The van der Waals surface area contributed by atoms with E-state index < -0.39 is 0 Å². The van der Waals surface area contributed by atoms with Gasteiger partial charge in [0.15, 0.2) is 11.5 Å². The van der Waals surface area contributed by atoms with Crippen molar-refractivity contribution >= 4 is 12.0 Å². The average Bonchev–Trinajstić information content (AvgIpc) is 2.89. The van der Waals surface area contributed by atoms with Gasteiger partial charge in [0.1, 0.15) is 0 Å². The van der Waals surface area contributed by atoms with Gasteiger partial charge in [-0.1, -0.05) is 116 Å². The van der Waals surface area contributed by atoms with Gasteiger partial charge in [0.05, 0.1) is 20.8 Å². The Morgan fingerprint density at radius 2 is 1.08 bits per heavy atom. The maximum atomic E-state index is 12.0. The predicted molar refractivity (Wildman–Crippen MR) is 150 cm³/mol. The fourth-order valence-corrected chi connectivity index (χ4v) is 4.40. The van der Waals surface area contributed by atoms with Crippen LogP contribution in [0.4, 0.5) is 0 Å². The molecule has 0 amide bonds. The number of ether oxygens (including phenoxy) is 3. The SMILES string of the molecule is CCCCCCCCCCCCCCCCCCCCOC(=O)C=Cc1cc(OC)c(O)c(OC)c1. The standard InChI is InChI=1S/C31H52O5/c1-4-5-6-7-8-9-10-11-12-13-14-15-16-17-18-19-20-21-24-36-30(32)23-22-27-25-28(34-2)31(33)29(26-27)35-3/h22-23,25-26,33H,4-21,24H2,1-3H3. The van der Waals surface area contributed by atoms with Crippen LogP contribution in [0.3, 0.4) is 0 Å². The van der Waals surface area contributed by atoms with E-state index in [0.29, 0.717) is 23.7 Å². The van der Waals surface area contributed by atoms with E-state index in [1.54, 1.807) is 18.2 Å². The van der Waals surface area contributed by atoms with Crippen molar-refractivity contribution in [3.63, 3.8) is 0 Å². The number of esters is 1. The molecule has 0 heterocycles. The Hall–Kier alpha value is -2.17. The molecule has 1 aromatic rings. The van der Waals surface area contributed by atoms with E-state index in [-0.39, 0.29) is 11.7 Å². The maximum absolute atomic E-state index is 12.0. The molecule has 0 aliphatic carbocycles. The minimum Gasteiger partial charge on any atom is -0.502 e.